The molecule has 1 rings (SSSR count). The molecular weight excluding hydrogens is 234 g/mol. The lowest BCUT2D eigenvalue weighted by molar-refractivity contribution is -0.142. The molecule has 0 unspecified atom stereocenters. The van der Waals surface area contributed by atoms with E-state index >= 15 is 0 Å². The van der Waals surface area contributed by atoms with Crippen LogP contribution in [-0.4, -0.2) is 22.5 Å². The van der Waals surface area contributed by atoms with Crippen molar-refractivity contribution < 1.29 is 19.1 Å². The molecule has 0 bridgehead atoms. The van der Waals surface area contributed by atoms with Crippen molar-refractivity contribution in [1.82, 2.24) is 4.98 Å². The number of pyridine rings is 1. The van der Waals surface area contributed by atoms with E-state index in [1.54, 1.807) is 32.9 Å². The van der Waals surface area contributed by atoms with Gasteiger partial charge in [0, 0.05) is 13.1 Å². The maximum atomic E-state index is 11.7. The summed E-state index contributed by atoms with van der Waals surface area (Å²) in [6.07, 6.45) is 1.41. The number of ether oxygens (including phenoxy) is 2. The van der Waals surface area contributed by atoms with Crippen LogP contribution in [0.2, 0.25) is 0 Å². The number of carbonyl (C=O) groups excluding carboxylic acids is 2. The topological polar surface area (TPSA) is 65.5 Å². The van der Waals surface area contributed by atoms with Gasteiger partial charge in [-0.25, -0.2) is 4.79 Å². The zero-order chi connectivity index (χ0) is 13.8. The molecule has 0 radical (unpaired) electrons. The lowest BCUT2D eigenvalue weighted by Crippen LogP contribution is -2.24. The molecule has 0 atom stereocenters. The number of esters is 2. The molecule has 0 aliphatic carbocycles. The summed E-state index contributed by atoms with van der Waals surface area (Å²) < 4.78 is 9.99. The van der Waals surface area contributed by atoms with Crippen LogP contribution in [0.1, 0.15) is 43.7 Å². The van der Waals surface area contributed by atoms with Gasteiger partial charge in [0.05, 0.1) is 11.3 Å². The summed E-state index contributed by atoms with van der Waals surface area (Å²) in [5, 5.41) is 0. The minimum Gasteiger partial charge on any atom is -0.459 e. The fourth-order valence-electron chi connectivity index (χ4n) is 1.14. The molecule has 1 aromatic heterocycles. The van der Waals surface area contributed by atoms with Crippen molar-refractivity contribution in [2.75, 3.05) is 0 Å². The Morgan fingerprint density at radius 2 is 1.94 bits per heavy atom. The second-order valence-electron chi connectivity index (χ2n) is 4.82. The first-order valence-electron chi connectivity index (χ1n) is 5.59. The van der Waals surface area contributed by atoms with E-state index in [1.807, 2.05) is 0 Å². The van der Waals surface area contributed by atoms with Crippen LogP contribution >= 0.6 is 0 Å². The molecule has 18 heavy (non-hydrogen) atoms. The molecule has 0 amide bonds. The average Bonchev–Trinajstić information content (AvgIpc) is 2.24. The van der Waals surface area contributed by atoms with Gasteiger partial charge >= 0.3 is 11.9 Å². The Bertz CT molecular complexity index is 431. The van der Waals surface area contributed by atoms with Crippen LogP contribution < -0.4 is 0 Å². The molecule has 0 N–H and O–H groups in total. The second kappa shape index (κ2) is 5.62. The zero-order valence-electron chi connectivity index (χ0n) is 11.0. The molecule has 0 fully saturated rings. The summed E-state index contributed by atoms with van der Waals surface area (Å²) in [6.45, 7) is 6.83. The molecule has 5 nitrogen and oxygen atoms in total. The first kappa shape index (κ1) is 14.2. The predicted octanol–water partition coefficient (Wildman–Crippen LogP) is 2.10. The largest absolute Gasteiger partial charge is 0.459 e. The molecular formula is C13H17NO4. The third-order valence-electron chi connectivity index (χ3n) is 1.88. The van der Waals surface area contributed by atoms with Gasteiger partial charge in [0.2, 0.25) is 0 Å². The van der Waals surface area contributed by atoms with E-state index in [9.17, 15) is 9.59 Å². The van der Waals surface area contributed by atoms with E-state index in [0.717, 1.165) is 0 Å². The van der Waals surface area contributed by atoms with Crippen molar-refractivity contribution in [2.24, 2.45) is 0 Å². The van der Waals surface area contributed by atoms with Crippen molar-refractivity contribution in [1.29, 1.82) is 0 Å². The number of hydrogen-bond donors (Lipinski definition) is 0. The number of nitrogens with zero attached hydrogens (tertiary/aromatic N) is 1. The first-order valence-corrected chi connectivity index (χ1v) is 5.59. The van der Waals surface area contributed by atoms with Crippen molar-refractivity contribution in [3.8, 4) is 0 Å². The fraction of sp³-hybridized carbons (Fsp3) is 0.462. The highest BCUT2D eigenvalue weighted by molar-refractivity contribution is 5.89. The van der Waals surface area contributed by atoms with Gasteiger partial charge in [-0.2, -0.15) is 0 Å². The summed E-state index contributed by atoms with van der Waals surface area (Å²) in [4.78, 5) is 26.3. The molecule has 0 aromatic carbocycles. The van der Waals surface area contributed by atoms with Crippen LogP contribution in [0.4, 0.5) is 0 Å². The summed E-state index contributed by atoms with van der Waals surface area (Å²) in [5.41, 5.74) is 0.419. The molecule has 5 heteroatoms. The standard InChI is InChI=1S/C13H17NO4/c1-9(15)17-8-11-6-5-10(7-14-11)12(16)18-13(2,3)4/h5-7H,8H2,1-4H3. The molecule has 0 saturated heterocycles. The predicted molar refractivity (Wildman–Crippen MR) is 64.9 cm³/mol. The van der Waals surface area contributed by atoms with Crippen LogP contribution in [-0.2, 0) is 20.9 Å². The normalized spacial score (nSPS) is 10.9. The maximum absolute atomic E-state index is 11.7. The summed E-state index contributed by atoms with van der Waals surface area (Å²) in [5.74, 6) is -0.790. The van der Waals surface area contributed by atoms with Crippen LogP contribution in [0.25, 0.3) is 0 Å². The molecule has 0 spiro atoms. The number of hydrogen-bond acceptors (Lipinski definition) is 5. The lowest BCUT2D eigenvalue weighted by atomic mass is 10.2. The van der Waals surface area contributed by atoms with Crippen molar-refractivity contribution in [3.63, 3.8) is 0 Å². The fourth-order valence-corrected chi connectivity index (χ4v) is 1.14. The molecule has 0 aliphatic heterocycles. The van der Waals surface area contributed by atoms with Crippen molar-refractivity contribution in [2.45, 2.75) is 39.9 Å². The first-order chi connectivity index (χ1) is 8.28. The van der Waals surface area contributed by atoms with Crippen LogP contribution in [0.5, 0.6) is 0 Å². The Balaban J connectivity index is 2.65. The molecule has 1 heterocycles. The quantitative estimate of drug-likeness (QED) is 0.770. The van der Waals surface area contributed by atoms with Crippen molar-refractivity contribution >= 4 is 11.9 Å². The Hall–Kier alpha value is -1.91. The maximum Gasteiger partial charge on any atom is 0.340 e. The van der Waals surface area contributed by atoms with Gasteiger partial charge in [0.15, 0.2) is 0 Å². The third-order valence-corrected chi connectivity index (χ3v) is 1.88. The van der Waals surface area contributed by atoms with E-state index < -0.39 is 11.6 Å². The summed E-state index contributed by atoms with van der Waals surface area (Å²) in [6, 6.07) is 3.22. The zero-order valence-corrected chi connectivity index (χ0v) is 11.0. The van der Waals surface area contributed by atoms with Gasteiger partial charge in [0.1, 0.15) is 12.2 Å². The van der Waals surface area contributed by atoms with Gasteiger partial charge in [-0.1, -0.05) is 0 Å². The smallest absolute Gasteiger partial charge is 0.340 e. The lowest BCUT2D eigenvalue weighted by Gasteiger charge is -2.19. The van der Waals surface area contributed by atoms with Gasteiger partial charge < -0.3 is 9.47 Å². The van der Waals surface area contributed by atoms with Gasteiger partial charge in [-0.05, 0) is 32.9 Å². The summed E-state index contributed by atoms with van der Waals surface area (Å²) >= 11 is 0. The molecule has 0 aliphatic rings. The number of carbonyl (C=O) groups is 2. The van der Waals surface area contributed by atoms with E-state index in [4.69, 9.17) is 9.47 Å². The highest BCUT2D eigenvalue weighted by Crippen LogP contribution is 2.11. The van der Waals surface area contributed by atoms with E-state index in [2.05, 4.69) is 4.98 Å². The Labute approximate surface area is 106 Å². The second-order valence-corrected chi connectivity index (χ2v) is 4.82. The number of rotatable bonds is 3. The Morgan fingerprint density at radius 1 is 1.28 bits per heavy atom. The van der Waals surface area contributed by atoms with E-state index in [1.165, 1.54) is 13.1 Å². The van der Waals surface area contributed by atoms with Gasteiger partial charge in [-0.15, -0.1) is 0 Å². The monoisotopic (exact) mass is 251 g/mol. The van der Waals surface area contributed by atoms with Crippen LogP contribution in [0, 0.1) is 0 Å². The SMILES string of the molecule is CC(=O)OCc1ccc(C(=O)OC(C)(C)C)cn1. The van der Waals surface area contributed by atoms with Gasteiger partial charge in [-0.3, -0.25) is 9.78 Å². The summed E-state index contributed by atoms with van der Waals surface area (Å²) in [7, 11) is 0. The minimum absolute atomic E-state index is 0.101. The van der Waals surface area contributed by atoms with E-state index in [0.29, 0.717) is 11.3 Å². The van der Waals surface area contributed by atoms with Gasteiger partial charge in [0.25, 0.3) is 0 Å². The molecule has 1 aromatic rings. The Kier molecular flexibility index (Phi) is 4.42. The van der Waals surface area contributed by atoms with E-state index in [-0.39, 0.29) is 12.6 Å². The number of aromatic nitrogens is 1. The minimum atomic E-state index is -0.534. The van der Waals surface area contributed by atoms with Crippen molar-refractivity contribution in [3.05, 3.63) is 29.6 Å². The van der Waals surface area contributed by atoms with Crippen LogP contribution in [0.3, 0.4) is 0 Å². The third kappa shape index (κ3) is 4.95. The Morgan fingerprint density at radius 3 is 2.39 bits per heavy atom. The molecule has 0 saturated carbocycles. The highest BCUT2D eigenvalue weighted by atomic mass is 16.6. The van der Waals surface area contributed by atoms with Crippen LogP contribution in [0.15, 0.2) is 18.3 Å². The highest BCUT2D eigenvalue weighted by Gasteiger charge is 2.17. The molecule has 98 valence electrons. The average molecular weight is 251 g/mol.